The van der Waals surface area contributed by atoms with Gasteiger partial charge in [0.2, 0.25) is 15.9 Å². The number of carbonyl (C=O) groups is 1. The maximum Gasteiger partial charge on any atom is 0.250 e. The highest BCUT2D eigenvalue weighted by atomic mass is 32.2. The van der Waals surface area contributed by atoms with Gasteiger partial charge in [0.1, 0.15) is 4.21 Å². The third kappa shape index (κ3) is 4.19. The monoisotopic (exact) mass is 313 g/mol. The van der Waals surface area contributed by atoms with Crippen LogP contribution in [0, 0.1) is 0 Å². The Morgan fingerprint density at radius 1 is 1.35 bits per heavy atom. The number of hydrogen-bond donors (Lipinski definition) is 3. The van der Waals surface area contributed by atoms with Crippen LogP contribution >= 0.6 is 11.3 Å². The summed E-state index contributed by atoms with van der Waals surface area (Å²) in [6, 6.07) is 5.06. The van der Waals surface area contributed by atoms with E-state index >= 15 is 0 Å². The molecular weight excluding hydrogens is 298 g/mol. The summed E-state index contributed by atoms with van der Waals surface area (Å²) in [5.41, 5.74) is 0.970. The topological polar surface area (TPSA) is 91.1 Å². The molecule has 0 saturated heterocycles. The third-order valence-corrected chi connectivity index (χ3v) is 5.41. The second-order valence-electron chi connectivity index (χ2n) is 4.08. The van der Waals surface area contributed by atoms with Gasteiger partial charge in [0, 0.05) is 31.9 Å². The molecule has 2 rings (SSSR count). The van der Waals surface area contributed by atoms with E-state index < -0.39 is 10.0 Å². The first-order chi connectivity index (χ1) is 9.58. The predicted molar refractivity (Wildman–Crippen MR) is 76.8 cm³/mol. The summed E-state index contributed by atoms with van der Waals surface area (Å²) in [5, 5.41) is 4.41. The standard InChI is InChI=1S/C12H15N3O3S2/c16-11(14-9-10-3-5-13-8-10)4-6-15-20(17,18)12-2-1-7-19-12/h1-3,5,7-8,13,15H,4,6,9H2,(H,14,16). The second kappa shape index (κ2) is 6.69. The lowest BCUT2D eigenvalue weighted by atomic mass is 10.3. The lowest BCUT2D eigenvalue weighted by Gasteiger charge is -2.05. The number of carbonyl (C=O) groups excluding carboxylic acids is 1. The van der Waals surface area contributed by atoms with Crippen molar-refractivity contribution in [2.24, 2.45) is 0 Å². The van der Waals surface area contributed by atoms with Crippen molar-refractivity contribution < 1.29 is 13.2 Å². The Balaban J connectivity index is 1.71. The van der Waals surface area contributed by atoms with Crippen LogP contribution in [0.5, 0.6) is 0 Å². The van der Waals surface area contributed by atoms with E-state index in [1.54, 1.807) is 23.8 Å². The summed E-state index contributed by atoms with van der Waals surface area (Å²) < 4.78 is 26.2. The molecule has 0 aliphatic carbocycles. The molecule has 2 heterocycles. The molecule has 20 heavy (non-hydrogen) atoms. The van der Waals surface area contributed by atoms with Crippen molar-refractivity contribution in [1.29, 1.82) is 0 Å². The minimum absolute atomic E-state index is 0.0825. The van der Waals surface area contributed by atoms with Crippen LogP contribution in [0.4, 0.5) is 0 Å². The molecule has 0 saturated carbocycles. The van der Waals surface area contributed by atoms with E-state index in [1.807, 2.05) is 6.07 Å². The highest BCUT2D eigenvalue weighted by Crippen LogP contribution is 2.14. The molecule has 0 atom stereocenters. The quantitative estimate of drug-likeness (QED) is 0.714. The molecule has 3 N–H and O–H groups in total. The van der Waals surface area contributed by atoms with Crippen molar-refractivity contribution in [3.63, 3.8) is 0 Å². The molecule has 0 spiro atoms. The van der Waals surface area contributed by atoms with Gasteiger partial charge >= 0.3 is 0 Å². The zero-order valence-corrected chi connectivity index (χ0v) is 12.3. The minimum atomic E-state index is -3.49. The minimum Gasteiger partial charge on any atom is -0.367 e. The van der Waals surface area contributed by atoms with Gasteiger partial charge in [-0.05, 0) is 23.1 Å². The Hall–Kier alpha value is -1.64. The molecule has 0 unspecified atom stereocenters. The van der Waals surface area contributed by atoms with Crippen LogP contribution in [-0.2, 0) is 21.4 Å². The van der Waals surface area contributed by atoms with Crippen LogP contribution in [0.25, 0.3) is 0 Å². The Labute approximate surface area is 121 Å². The number of aromatic amines is 1. The van der Waals surface area contributed by atoms with E-state index in [4.69, 9.17) is 0 Å². The fraction of sp³-hybridized carbons (Fsp3) is 0.250. The summed E-state index contributed by atoms with van der Waals surface area (Å²) in [6.07, 6.45) is 3.67. The van der Waals surface area contributed by atoms with Crippen LogP contribution < -0.4 is 10.0 Å². The van der Waals surface area contributed by atoms with Gasteiger partial charge < -0.3 is 10.3 Å². The number of aromatic nitrogens is 1. The first-order valence-electron chi connectivity index (χ1n) is 5.99. The zero-order valence-electron chi connectivity index (χ0n) is 10.6. The van der Waals surface area contributed by atoms with Gasteiger partial charge in [-0.2, -0.15) is 0 Å². The average Bonchev–Trinajstić information content (AvgIpc) is 3.09. The Kier molecular flexibility index (Phi) is 4.94. The molecule has 0 radical (unpaired) electrons. The van der Waals surface area contributed by atoms with Gasteiger partial charge in [-0.25, -0.2) is 13.1 Å². The Morgan fingerprint density at radius 2 is 2.20 bits per heavy atom. The van der Waals surface area contributed by atoms with Gasteiger partial charge in [0.15, 0.2) is 0 Å². The van der Waals surface area contributed by atoms with Crippen LogP contribution in [0.15, 0.2) is 40.2 Å². The van der Waals surface area contributed by atoms with E-state index in [-0.39, 0.29) is 23.1 Å². The summed E-state index contributed by atoms with van der Waals surface area (Å²) in [4.78, 5) is 14.4. The number of sulfonamides is 1. The highest BCUT2D eigenvalue weighted by molar-refractivity contribution is 7.91. The van der Waals surface area contributed by atoms with E-state index in [0.29, 0.717) is 6.54 Å². The zero-order chi connectivity index (χ0) is 14.4. The molecule has 108 valence electrons. The van der Waals surface area contributed by atoms with E-state index in [2.05, 4.69) is 15.0 Å². The van der Waals surface area contributed by atoms with Crippen LogP contribution in [0.3, 0.4) is 0 Å². The van der Waals surface area contributed by atoms with Gasteiger partial charge in [-0.1, -0.05) is 6.07 Å². The van der Waals surface area contributed by atoms with Crippen molar-refractivity contribution in [1.82, 2.24) is 15.0 Å². The number of H-pyrrole nitrogens is 1. The van der Waals surface area contributed by atoms with Crippen molar-refractivity contribution in [3.05, 3.63) is 41.5 Å². The predicted octanol–water partition coefficient (Wildman–Crippen LogP) is 1.06. The van der Waals surface area contributed by atoms with E-state index in [0.717, 1.165) is 16.9 Å². The lowest BCUT2D eigenvalue weighted by Crippen LogP contribution is -2.30. The van der Waals surface area contributed by atoms with E-state index in [1.165, 1.54) is 6.07 Å². The molecule has 0 aromatic carbocycles. The van der Waals surface area contributed by atoms with Gasteiger partial charge in [0.05, 0.1) is 0 Å². The van der Waals surface area contributed by atoms with Crippen LogP contribution in [-0.4, -0.2) is 25.9 Å². The molecule has 2 aromatic heterocycles. The number of thiophene rings is 1. The molecular formula is C12H15N3O3S2. The summed E-state index contributed by atoms with van der Waals surface area (Å²) in [7, 11) is -3.49. The summed E-state index contributed by atoms with van der Waals surface area (Å²) in [5.74, 6) is -0.194. The third-order valence-electron chi connectivity index (χ3n) is 2.56. The summed E-state index contributed by atoms with van der Waals surface area (Å²) in [6.45, 7) is 0.513. The molecule has 0 aliphatic heterocycles. The smallest absolute Gasteiger partial charge is 0.250 e. The molecule has 6 nitrogen and oxygen atoms in total. The molecule has 1 amide bonds. The van der Waals surface area contributed by atoms with Gasteiger partial charge in [-0.15, -0.1) is 11.3 Å². The largest absolute Gasteiger partial charge is 0.367 e. The first kappa shape index (κ1) is 14.8. The van der Waals surface area contributed by atoms with Crippen LogP contribution in [0.1, 0.15) is 12.0 Å². The van der Waals surface area contributed by atoms with Crippen molar-refractivity contribution in [2.45, 2.75) is 17.2 Å². The molecule has 2 aromatic rings. The first-order valence-corrected chi connectivity index (χ1v) is 8.36. The second-order valence-corrected chi connectivity index (χ2v) is 7.02. The normalized spacial score (nSPS) is 11.4. The maximum absolute atomic E-state index is 11.8. The number of amides is 1. The number of hydrogen-bond acceptors (Lipinski definition) is 4. The molecule has 0 aliphatic rings. The number of nitrogens with one attached hydrogen (secondary N) is 3. The SMILES string of the molecule is O=C(CCNS(=O)(=O)c1cccs1)NCc1cc[nH]c1. The summed E-state index contributed by atoms with van der Waals surface area (Å²) >= 11 is 1.14. The van der Waals surface area contributed by atoms with E-state index in [9.17, 15) is 13.2 Å². The highest BCUT2D eigenvalue weighted by Gasteiger charge is 2.14. The Morgan fingerprint density at radius 3 is 2.85 bits per heavy atom. The van der Waals surface area contributed by atoms with Gasteiger partial charge in [0.25, 0.3) is 0 Å². The number of rotatable bonds is 7. The molecule has 0 bridgehead atoms. The fourth-order valence-corrected chi connectivity index (χ4v) is 3.61. The van der Waals surface area contributed by atoms with Crippen molar-refractivity contribution in [2.75, 3.05) is 6.54 Å². The maximum atomic E-state index is 11.8. The average molecular weight is 313 g/mol. The molecule has 8 heteroatoms. The van der Waals surface area contributed by atoms with Gasteiger partial charge in [-0.3, -0.25) is 4.79 Å². The van der Waals surface area contributed by atoms with Crippen molar-refractivity contribution >= 4 is 27.3 Å². The lowest BCUT2D eigenvalue weighted by molar-refractivity contribution is -0.121. The fourth-order valence-electron chi connectivity index (χ4n) is 1.54. The Bertz CT molecular complexity index is 634. The van der Waals surface area contributed by atoms with Crippen LogP contribution in [0.2, 0.25) is 0 Å². The molecule has 0 fully saturated rings. The van der Waals surface area contributed by atoms with Crippen molar-refractivity contribution in [3.8, 4) is 0 Å².